The molecule has 109 heavy (non-hydrogen) atoms. The van der Waals surface area contributed by atoms with Gasteiger partial charge in [0.2, 0.25) is 23.0 Å². The first-order valence-corrected chi connectivity index (χ1v) is 38.3. The number of nitro groups is 1. The molecule has 0 radical (unpaired) electrons. The number of nitrogens with one attached hydrogen (secondary N) is 5. The second kappa shape index (κ2) is 37.7. The van der Waals surface area contributed by atoms with Crippen molar-refractivity contribution in [3.8, 4) is 11.3 Å². The predicted molar refractivity (Wildman–Crippen MR) is 457 cm³/mol. The maximum atomic E-state index is 12.6. The van der Waals surface area contributed by atoms with Gasteiger partial charge in [0, 0.05) is 81.4 Å². The molecule has 21 nitrogen and oxygen atoms in total. The van der Waals surface area contributed by atoms with Gasteiger partial charge in [-0.2, -0.15) is 0 Å². The Morgan fingerprint density at radius 3 is 1.46 bits per heavy atom. The summed E-state index contributed by atoms with van der Waals surface area (Å²) in [5.74, 6) is -0.710. The zero-order valence-corrected chi connectivity index (χ0v) is 71.2. The number of pyridine rings is 1. The van der Waals surface area contributed by atoms with E-state index < -0.39 is 26.4 Å². The zero-order valence-electron chi connectivity index (χ0n) is 64.8. The third-order valence-electron chi connectivity index (χ3n) is 19.1. The number of nitrogens with two attached hydrogens (primary N) is 1. The van der Waals surface area contributed by atoms with Gasteiger partial charge < -0.3 is 60.2 Å². The number of nitro benzene ring substituents is 1. The van der Waals surface area contributed by atoms with Crippen molar-refractivity contribution in [1.29, 1.82) is 0 Å². The van der Waals surface area contributed by atoms with Gasteiger partial charge in [-0.1, -0.05) is 117 Å². The summed E-state index contributed by atoms with van der Waals surface area (Å²) >= 11 is 16.0. The van der Waals surface area contributed by atoms with Crippen LogP contribution >= 0.6 is 70.7 Å². The molecule has 576 valence electrons. The largest absolute Gasteiger partial charge is 0.494 e. The number of carbonyl (C=O) groups excluding carboxylic acids is 5. The molecule has 7 N–H and O–H groups in total. The Kier molecular flexibility index (Phi) is 31.1. The number of nitrogen functional groups attached to an aromatic ring is 1. The number of aryl methyl sites for hydroxylation is 5. The van der Waals surface area contributed by atoms with Crippen molar-refractivity contribution in [2.24, 2.45) is 0 Å². The Labute approximate surface area is 674 Å². The van der Waals surface area contributed by atoms with Crippen molar-refractivity contribution in [1.82, 2.24) is 10.3 Å². The van der Waals surface area contributed by atoms with E-state index in [-0.39, 0.29) is 73.9 Å². The molecule has 3 fully saturated rings. The lowest BCUT2D eigenvalue weighted by atomic mass is 9.49. The number of allylic oxidation sites excluding steroid dienone is 1. The molecule has 29 heteroatoms. The molecule has 4 aliphatic rings. The summed E-state index contributed by atoms with van der Waals surface area (Å²) in [6, 6.07) is 36.4. The van der Waals surface area contributed by atoms with Gasteiger partial charge >= 0.3 is 21.1 Å². The zero-order chi connectivity index (χ0) is 81.6. The van der Waals surface area contributed by atoms with Crippen LogP contribution in [0, 0.1) is 44.7 Å². The fraction of sp³-hybridized carbons (Fsp3) is 0.325. The van der Waals surface area contributed by atoms with Gasteiger partial charge in [-0.05, 0) is 255 Å². The third kappa shape index (κ3) is 23.7. The highest BCUT2D eigenvalue weighted by Gasteiger charge is 2.64. The summed E-state index contributed by atoms with van der Waals surface area (Å²) in [5.41, 5.74) is 15.8. The lowest BCUT2D eigenvalue weighted by Crippen LogP contribution is -2.41. The van der Waals surface area contributed by atoms with Crippen LogP contribution < -0.4 is 37.8 Å². The molecular weight excluding hydrogens is 1620 g/mol. The summed E-state index contributed by atoms with van der Waals surface area (Å²) in [6.45, 7) is 49.9. The van der Waals surface area contributed by atoms with Crippen molar-refractivity contribution in [3.05, 3.63) is 222 Å². The summed E-state index contributed by atoms with van der Waals surface area (Å²) in [4.78, 5) is 71.9. The third-order valence-corrected chi connectivity index (χ3v) is 21.9. The van der Waals surface area contributed by atoms with Gasteiger partial charge in [0.25, 0.3) is 11.6 Å². The van der Waals surface area contributed by atoms with Gasteiger partial charge in [-0.3, -0.25) is 34.1 Å². The molecule has 4 aliphatic heterocycles. The number of rotatable bonds is 11. The van der Waals surface area contributed by atoms with Crippen molar-refractivity contribution in [2.45, 2.75) is 164 Å². The molecule has 2 aromatic heterocycles. The molecule has 6 heterocycles. The normalized spacial score (nSPS) is 16.8. The Balaban J connectivity index is 0.000000212. The number of carbonyl (C=O) groups is 5. The van der Waals surface area contributed by atoms with Gasteiger partial charge in [-0.15, -0.1) is 11.3 Å². The number of aromatic nitrogens is 1. The lowest BCUT2D eigenvalue weighted by molar-refractivity contribution is -0.385. The van der Waals surface area contributed by atoms with Crippen LogP contribution in [0.3, 0.4) is 0 Å². The van der Waals surface area contributed by atoms with Crippen LogP contribution in [0.4, 0.5) is 34.1 Å². The minimum Gasteiger partial charge on any atom is -0.405 e. The van der Waals surface area contributed by atoms with Crippen LogP contribution in [0.5, 0.6) is 0 Å². The quantitative estimate of drug-likeness (QED) is 0.0175. The molecule has 0 saturated carbocycles. The van der Waals surface area contributed by atoms with E-state index in [1.165, 1.54) is 35.6 Å². The van der Waals surface area contributed by atoms with Crippen LogP contribution in [-0.4, -0.2) is 106 Å². The number of thiophene rings is 1. The maximum Gasteiger partial charge on any atom is 0.494 e. The van der Waals surface area contributed by atoms with Crippen LogP contribution in [-0.2, 0) is 47.1 Å². The number of amides is 4. The van der Waals surface area contributed by atoms with Crippen molar-refractivity contribution < 1.29 is 56.8 Å². The molecule has 0 bridgehead atoms. The highest BCUT2D eigenvalue weighted by Crippen LogP contribution is 2.45. The highest BCUT2D eigenvalue weighted by molar-refractivity contribution is 9.11. The monoisotopic (exact) mass is 1710 g/mol. The van der Waals surface area contributed by atoms with Gasteiger partial charge in [0.05, 0.1) is 55.4 Å². The van der Waals surface area contributed by atoms with Gasteiger partial charge in [0.1, 0.15) is 4.88 Å². The lowest BCUT2D eigenvalue weighted by Gasteiger charge is -2.32. The fourth-order valence-electron chi connectivity index (χ4n) is 10.4. The second-order valence-electron chi connectivity index (χ2n) is 28.9. The van der Waals surface area contributed by atoms with Crippen LogP contribution in [0.25, 0.3) is 32.2 Å². The Morgan fingerprint density at radius 2 is 1.01 bits per heavy atom. The van der Waals surface area contributed by atoms with Gasteiger partial charge in [0.15, 0.2) is 0 Å². The second-order valence-corrected chi connectivity index (χ2v) is 33.1. The number of hydrogen-bond donors (Lipinski definition) is 6. The molecule has 0 unspecified atom stereocenters. The number of fused-ring (bicyclic) bond motifs is 5. The first-order valence-electron chi connectivity index (χ1n) is 34.7. The fourth-order valence-corrected chi connectivity index (χ4v) is 12.6. The molecular formula is C80H95B3Br3ClN8O13S. The van der Waals surface area contributed by atoms with Crippen molar-refractivity contribution >= 4 is 181 Å². The minimum absolute atomic E-state index is 0.0369. The minimum atomic E-state index is -0.509. The van der Waals surface area contributed by atoms with E-state index in [0.717, 1.165) is 108 Å². The Bertz CT molecular complexity index is 4680. The van der Waals surface area contributed by atoms with Crippen LogP contribution in [0.2, 0.25) is 0 Å². The molecule has 8 aromatic rings. The molecule has 1 atom stereocenters. The van der Waals surface area contributed by atoms with Crippen LogP contribution in [0.15, 0.2) is 179 Å². The summed E-state index contributed by atoms with van der Waals surface area (Å²) in [5, 5.41) is 26.7. The topological polar surface area (TPSA) is 283 Å². The van der Waals surface area contributed by atoms with Crippen molar-refractivity contribution in [2.75, 3.05) is 33.5 Å². The van der Waals surface area contributed by atoms with E-state index in [0.29, 0.717) is 17.0 Å². The van der Waals surface area contributed by atoms with E-state index in [9.17, 15) is 34.1 Å². The van der Waals surface area contributed by atoms with Gasteiger partial charge in [-0.25, -0.2) is 4.98 Å². The maximum absolute atomic E-state index is 12.6. The van der Waals surface area contributed by atoms with Crippen LogP contribution in [0.1, 0.15) is 127 Å². The summed E-state index contributed by atoms with van der Waals surface area (Å²) < 4.78 is 39.7. The SMILES string of the molecule is C=CC(=O)Cl.C=CC(=O)Nc1cc(-c2ccc3c(ccc4sc5c(c43)NC[C@@H](C)NC5=O)n2)ccc1C.C=CC(=O)Nc1cc(B2OC(C)(C)C(C)(C)O2)ccc1C.C=CC(=O)Nc1cc(Br)ccc1C.CC1(C)OB(B2OC(C)(C)C(C)(C)O2)OC1(C)C.Cc1ccc(Br)cc1N.Cc1ccc(Br)cc1[N+](=O)[O-]. The highest BCUT2D eigenvalue weighted by atomic mass is 79.9. The first-order chi connectivity index (χ1) is 50.7. The Morgan fingerprint density at radius 1 is 0.587 bits per heavy atom. The number of benzene rings is 6. The predicted octanol–water partition coefficient (Wildman–Crippen LogP) is 18.6. The smallest absolute Gasteiger partial charge is 0.405 e. The summed E-state index contributed by atoms with van der Waals surface area (Å²) in [7, 11) is -1.39. The molecule has 0 spiro atoms. The van der Waals surface area contributed by atoms with E-state index in [2.05, 4.69) is 107 Å². The molecule has 0 aliphatic carbocycles. The molecule has 6 aromatic carbocycles. The average molecular weight is 1720 g/mol. The van der Waals surface area contributed by atoms with E-state index in [1.807, 2.05) is 209 Å². The number of nitrogens with zero attached hydrogens (tertiary/aromatic N) is 2. The van der Waals surface area contributed by atoms with E-state index >= 15 is 0 Å². The Hall–Kier alpha value is -8.12. The summed E-state index contributed by atoms with van der Waals surface area (Å²) in [6.07, 6.45) is 4.80. The molecule has 3 saturated heterocycles. The standard InChI is InChI=1S/C25H22N4O2S.C16H22BNO3.C12H24B2O4.C10H10BrNO.C7H6BrNO2.C7H8BrN.C3H3ClO/c1-4-21(30)29-19-11-15(6-5-13(19)2)17-8-7-16-18(28-17)9-10-20-22(16)23-24(32-20)25(31)27-14(3)12-26-23;1-7-14(19)18-13-10-12(9-8-11(13)2)17-20-15(3,4)16(5,6)21-17;1-9(2)10(3,4)16-13(15-9)14-17-11(5,6)12(7,8)18-14;1-3-10(13)12-9-6-8(11)5-4-7(9)2;1-5-2-3-6(8)4-7(5)9(10)11;1-5-2-3-6(8)4-7(5)9;1-2-3(4)5/h4-11,14,26H,1,12H2,2-3H3,(H,27,31)(H,29,30);7-10H,1H2,2-6H3,(H,18,19);1-8H3;3-6H,1H2,2H3,(H,12,13);2-4H,1H3;2-4H,9H2,1H3;2H,1H2/t14-;;;;;;/m1....../s1. The average Bonchev–Trinajstić information content (AvgIpc) is 1.65. The van der Waals surface area contributed by atoms with Crippen molar-refractivity contribution in [3.63, 3.8) is 0 Å². The number of hydrogen-bond acceptors (Lipinski definition) is 17. The number of anilines is 5. The number of halogens is 4. The van der Waals surface area contributed by atoms with E-state index in [1.54, 1.807) is 19.1 Å². The molecule has 4 amide bonds. The first kappa shape index (κ1) is 89.8. The van der Waals surface area contributed by atoms with E-state index in [4.69, 9.17) is 50.2 Å². The molecule has 12 rings (SSSR count).